The fourth-order valence-corrected chi connectivity index (χ4v) is 3.79. The molecular weight excluding hydrogens is 342 g/mol. The largest absolute Gasteiger partial charge is 0.313 e. The van der Waals surface area contributed by atoms with Crippen LogP contribution in [0, 0.1) is 0 Å². The minimum absolute atomic E-state index is 0.333. The van der Waals surface area contributed by atoms with Crippen LogP contribution in [-0.2, 0) is 0 Å². The first-order chi connectivity index (χ1) is 9.10. The second-order valence-electron chi connectivity index (χ2n) is 4.25. The Morgan fingerprint density at radius 2 is 1.89 bits per heavy atom. The van der Waals surface area contributed by atoms with Crippen LogP contribution in [-0.4, -0.2) is 7.05 Å². The van der Waals surface area contributed by atoms with Crippen molar-refractivity contribution in [1.29, 1.82) is 0 Å². The second kappa shape index (κ2) is 6.80. The van der Waals surface area contributed by atoms with Gasteiger partial charge in [0.1, 0.15) is 0 Å². The molecule has 0 amide bonds. The van der Waals surface area contributed by atoms with Crippen molar-refractivity contribution in [2.24, 2.45) is 0 Å². The van der Waals surface area contributed by atoms with E-state index in [0.29, 0.717) is 6.04 Å². The molecule has 0 saturated carbocycles. The van der Waals surface area contributed by atoms with Crippen molar-refractivity contribution < 1.29 is 0 Å². The molecular formula is C15H15BrClNS. The molecule has 0 heterocycles. The van der Waals surface area contributed by atoms with Crippen molar-refractivity contribution >= 4 is 39.3 Å². The standard InChI is InChI=1S/C15H15BrClNS/c1-10(18-2)14-7-6-13(9-15(14)16)19-12-5-3-4-11(17)8-12/h3-10,18H,1-2H3. The number of rotatable bonds is 4. The summed E-state index contributed by atoms with van der Waals surface area (Å²) in [5, 5.41) is 4.01. The Labute approximate surface area is 131 Å². The molecule has 0 aliphatic carbocycles. The van der Waals surface area contributed by atoms with E-state index in [1.54, 1.807) is 11.8 Å². The lowest BCUT2D eigenvalue weighted by atomic mass is 10.1. The molecule has 1 nitrogen and oxygen atoms in total. The zero-order valence-electron chi connectivity index (χ0n) is 10.8. The topological polar surface area (TPSA) is 12.0 Å². The third-order valence-electron chi connectivity index (χ3n) is 2.90. The van der Waals surface area contributed by atoms with Crippen molar-refractivity contribution in [2.45, 2.75) is 22.8 Å². The molecule has 0 aromatic heterocycles. The maximum absolute atomic E-state index is 6.00. The second-order valence-corrected chi connectivity index (χ2v) is 6.69. The van der Waals surface area contributed by atoms with Crippen LogP contribution < -0.4 is 5.32 Å². The average molecular weight is 357 g/mol. The fourth-order valence-electron chi connectivity index (χ4n) is 1.74. The van der Waals surface area contributed by atoms with Crippen molar-refractivity contribution in [2.75, 3.05) is 7.05 Å². The van der Waals surface area contributed by atoms with Crippen LogP contribution in [0.3, 0.4) is 0 Å². The zero-order valence-corrected chi connectivity index (χ0v) is 13.9. The predicted octanol–water partition coefficient (Wildman–Crippen LogP) is 5.53. The van der Waals surface area contributed by atoms with Crippen molar-refractivity contribution in [1.82, 2.24) is 5.32 Å². The Morgan fingerprint density at radius 1 is 1.16 bits per heavy atom. The lowest BCUT2D eigenvalue weighted by Crippen LogP contribution is -2.12. The van der Waals surface area contributed by atoms with Gasteiger partial charge in [-0.3, -0.25) is 0 Å². The Bertz CT molecular complexity index is 574. The Hall–Kier alpha value is -0.480. The molecule has 2 aromatic rings. The van der Waals surface area contributed by atoms with Gasteiger partial charge in [0, 0.05) is 25.3 Å². The summed E-state index contributed by atoms with van der Waals surface area (Å²) in [7, 11) is 1.96. The molecule has 0 radical (unpaired) electrons. The molecule has 100 valence electrons. The van der Waals surface area contributed by atoms with Gasteiger partial charge in [-0.15, -0.1) is 0 Å². The smallest absolute Gasteiger partial charge is 0.0417 e. The van der Waals surface area contributed by atoms with Gasteiger partial charge in [0.2, 0.25) is 0 Å². The molecule has 19 heavy (non-hydrogen) atoms. The quantitative estimate of drug-likeness (QED) is 0.772. The lowest BCUT2D eigenvalue weighted by Gasteiger charge is -2.13. The Balaban J connectivity index is 2.21. The SMILES string of the molecule is CNC(C)c1ccc(Sc2cccc(Cl)c2)cc1Br. The van der Waals surface area contributed by atoms with E-state index >= 15 is 0 Å². The zero-order chi connectivity index (χ0) is 13.8. The molecule has 2 rings (SSSR count). The van der Waals surface area contributed by atoms with Crippen LogP contribution in [0.5, 0.6) is 0 Å². The van der Waals surface area contributed by atoms with E-state index in [-0.39, 0.29) is 0 Å². The van der Waals surface area contributed by atoms with Crippen molar-refractivity contribution in [3.05, 3.63) is 57.5 Å². The molecule has 0 aliphatic heterocycles. The number of benzene rings is 2. The molecule has 1 atom stereocenters. The first kappa shape index (κ1) is 14.9. The summed E-state index contributed by atoms with van der Waals surface area (Å²) in [6.45, 7) is 2.14. The summed E-state index contributed by atoms with van der Waals surface area (Å²) in [5.41, 5.74) is 1.26. The van der Waals surface area contributed by atoms with Gasteiger partial charge in [-0.05, 0) is 49.9 Å². The first-order valence-corrected chi connectivity index (χ1v) is 7.99. The van der Waals surface area contributed by atoms with Crippen molar-refractivity contribution in [3.8, 4) is 0 Å². The highest BCUT2D eigenvalue weighted by Gasteiger charge is 2.08. The van der Waals surface area contributed by atoms with Crippen LogP contribution in [0.1, 0.15) is 18.5 Å². The molecule has 0 bridgehead atoms. The third-order valence-corrected chi connectivity index (χ3v) is 4.80. The maximum Gasteiger partial charge on any atom is 0.0417 e. The summed E-state index contributed by atoms with van der Waals surface area (Å²) >= 11 is 11.3. The van der Waals surface area contributed by atoms with Crippen LogP contribution in [0.4, 0.5) is 0 Å². The monoisotopic (exact) mass is 355 g/mol. The van der Waals surface area contributed by atoms with Crippen LogP contribution in [0.15, 0.2) is 56.7 Å². The molecule has 0 spiro atoms. The number of nitrogens with one attached hydrogen (secondary N) is 1. The van der Waals surface area contributed by atoms with Gasteiger partial charge < -0.3 is 5.32 Å². The van der Waals surface area contributed by atoms with Gasteiger partial charge in [-0.2, -0.15) is 0 Å². The van der Waals surface area contributed by atoms with Crippen molar-refractivity contribution in [3.63, 3.8) is 0 Å². The third kappa shape index (κ3) is 3.99. The summed E-state index contributed by atoms with van der Waals surface area (Å²) in [4.78, 5) is 2.34. The van der Waals surface area contributed by atoms with E-state index in [0.717, 1.165) is 14.4 Å². The van der Waals surface area contributed by atoms with Gasteiger partial charge in [0.15, 0.2) is 0 Å². The molecule has 2 aromatic carbocycles. The van der Waals surface area contributed by atoms with E-state index < -0.39 is 0 Å². The Morgan fingerprint density at radius 3 is 2.53 bits per heavy atom. The average Bonchev–Trinajstić information content (AvgIpc) is 2.38. The number of halogens is 2. The molecule has 0 saturated heterocycles. The van der Waals surface area contributed by atoms with E-state index in [4.69, 9.17) is 11.6 Å². The molecule has 1 N–H and O–H groups in total. The highest BCUT2D eigenvalue weighted by atomic mass is 79.9. The minimum Gasteiger partial charge on any atom is -0.313 e. The highest BCUT2D eigenvalue weighted by Crippen LogP contribution is 2.33. The van der Waals surface area contributed by atoms with E-state index in [1.807, 2.05) is 25.2 Å². The lowest BCUT2D eigenvalue weighted by molar-refractivity contribution is 0.649. The summed E-state index contributed by atoms with van der Waals surface area (Å²) in [6.07, 6.45) is 0. The fraction of sp³-hybridized carbons (Fsp3) is 0.200. The van der Waals surface area contributed by atoms with Gasteiger partial charge in [0.25, 0.3) is 0 Å². The molecule has 0 fully saturated rings. The molecule has 0 aliphatic rings. The maximum atomic E-state index is 6.00. The Kier molecular flexibility index (Phi) is 5.34. The number of hydrogen-bond acceptors (Lipinski definition) is 2. The van der Waals surface area contributed by atoms with E-state index in [9.17, 15) is 0 Å². The minimum atomic E-state index is 0.333. The van der Waals surface area contributed by atoms with Gasteiger partial charge >= 0.3 is 0 Å². The van der Waals surface area contributed by atoms with E-state index in [1.165, 1.54) is 10.5 Å². The van der Waals surface area contributed by atoms with Crippen LogP contribution in [0.2, 0.25) is 5.02 Å². The van der Waals surface area contributed by atoms with Gasteiger partial charge in [-0.25, -0.2) is 0 Å². The summed E-state index contributed by atoms with van der Waals surface area (Å²) < 4.78 is 1.13. The summed E-state index contributed by atoms with van der Waals surface area (Å²) in [6, 6.07) is 14.7. The predicted molar refractivity (Wildman–Crippen MR) is 87.2 cm³/mol. The van der Waals surface area contributed by atoms with Crippen LogP contribution in [0.25, 0.3) is 0 Å². The van der Waals surface area contributed by atoms with Crippen LogP contribution >= 0.6 is 39.3 Å². The molecule has 4 heteroatoms. The van der Waals surface area contributed by atoms with E-state index in [2.05, 4.69) is 52.4 Å². The van der Waals surface area contributed by atoms with Gasteiger partial charge in [0.05, 0.1) is 0 Å². The highest BCUT2D eigenvalue weighted by molar-refractivity contribution is 9.10. The normalized spacial score (nSPS) is 12.4. The number of hydrogen-bond donors (Lipinski definition) is 1. The van der Waals surface area contributed by atoms with Gasteiger partial charge in [-0.1, -0.05) is 51.4 Å². The summed E-state index contributed by atoms with van der Waals surface area (Å²) in [5.74, 6) is 0. The molecule has 1 unspecified atom stereocenters. The first-order valence-electron chi connectivity index (χ1n) is 6.00.